The molecule has 0 fully saturated rings. The Morgan fingerprint density at radius 2 is 1.84 bits per heavy atom. The lowest BCUT2D eigenvalue weighted by Crippen LogP contribution is -2.13. The Bertz CT molecular complexity index is 1030. The van der Waals surface area contributed by atoms with Crippen LogP contribution in [0.1, 0.15) is 16.1 Å². The number of anilines is 1. The minimum Gasteiger partial charge on any atom is -0.439 e. The molecule has 0 saturated heterocycles. The first-order chi connectivity index (χ1) is 11.9. The van der Waals surface area contributed by atoms with E-state index in [1.807, 2.05) is 0 Å². The van der Waals surface area contributed by atoms with Crippen molar-refractivity contribution in [3.05, 3.63) is 70.5 Å². The number of nitrogens with one attached hydrogen (secondary N) is 1. The zero-order valence-electron chi connectivity index (χ0n) is 13.1. The van der Waals surface area contributed by atoms with Crippen molar-refractivity contribution < 1.29 is 17.6 Å². The molecule has 3 aromatic rings. The van der Waals surface area contributed by atoms with Crippen molar-refractivity contribution >= 4 is 37.5 Å². The van der Waals surface area contributed by atoms with Crippen LogP contribution >= 0.6 is 15.9 Å². The number of rotatable bonds is 4. The molecule has 25 heavy (non-hydrogen) atoms. The number of pyridine rings is 1. The van der Waals surface area contributed by atoms with E-state index in [4.69, 9.17) is 4.42 Å². The number of aromatic nitrogens is 1. The Balaban J connectivity index is 1.85. The highest BCUT2D eigenvalue weighted by Gasteiger charge is 2.23. The Morgan fingerprint density at radius 1 is 1.12 bits per heavy atom. The second-order valence-electron chi connectivity index (χ2n) is 5.20. The first kappa shape index (κ1) is 17.4. The summed E-state index contributed by atoms with van der Waals surface area (Å²) in [4.78, 5) is 16.4. The molecule has 0 spiro atoms. The Hall–Kier alpha value is -2.45. The van der Waals surface area contributed by atoms with Gasteiger partial charge in [-0.2, -0.15) is 0 Å². The van der Waals surface area contributed by atoms with Gasteiger partial charge in [0.05, 0.1) is 4.90 Å². The van der Waals surface area contributed by atoms with E-state index in [-0.39, 0.29) is 15.7 Å². The first-order valence-electron chi connectivity index (χ1n) is 7.21. The fraction of sp³-hybridized carbons (Fsp3) is 0.0588. The van der Waals surface area contributed by atoms with Crippen LogP contribution in [0.2, 0.25) is 0 Å². The molecule has 0 aliphatic heterocycles. The van der Waals surface area contributed by atoms with Gasteiger partial charge in [-0.1, -0.05) is 22.0 Å². The first-order valence-corrected chi connectivity index (χ1v) is 9.49. The maximum Gasteiger partial charge on any atom is 0.292 e. The van der Waals surface area contributed by atoms with Gasteiger partial charge in [-0.05, 0) is 55.0 Å². The molecule has 128 valence electrons. The molecule has 0 atom stereocenters. The van der Waals surface area contributed by atoms with E-state index >= 15 is 0 Å². The van der Waals surface area contributed by atoms with Crippen LogP contribution in [0, 0.1) is 6.92 Å². The second kappa shape index (κ2) is 6.81. The fourth-order valence-electron chi connectivity index (χ4n) is 2.10. The number of hydrogen-bond acceptors (Lipinski definition) is 5. The lowest BCUT2D eigenvalue weighted by Gasteiger charge is -2.05. The summed E-state index contributed by atoms with van der Waals surface area (Å²) in [6.45, 7) is 1.80. The summed E-state index contributed by atoms with van der Waals surface area (Å²) in [6.07, 6.45) is 1.55. The van der Waals surface area contributed by atoms with Crippen LogP contribution in [-0.4, -0.2) is 19.3 Å². The number of hydrogen-bond donors (Lipinski definition) is 1. The van der Waals surface area contributed by atoms with E-state index in [0.717, 1.165) is 10.0 Å². The second-order valence-corrected chi connectivity index (χ2v) is 8.00. The molecule has 0 radical (unpaired) electrons. The fourth-order valence-corrected chi connectivity index (χ4v) is 3.54. The number of sulfone groups is 1. The zero-order chi connectivity index (χ0) is 18.0. The maximum atomic E-state index is 12.5. The summed E-state index contributed by atoms with van der Waals surface area (Å²) < 4.78 is 31.1. The molecule has 8 heteroatoms. The van der Waals surface area contributed by atoms with E-state index in [0.29, 0.717) is 5.82 Å². The average molecular weight is 421 g/mol. The van der Waals surface area contributed by atoms with E-state index in [1.54, 1.807) is 37.4 Å². The SMILES string of the molecule is Cc1cccnc1NC(=O)c1ccc(S(=O)(=O)c2ccc(Br)cc2)o1. The highest BCUT2D eigenvalue weighted by molar-refractivity contribution is 9.10. The molecule has 6 nitrogen and oxygen atoms in total. The lowest BCUT2D eigenvalue weighted by molar-refractivity contribution is 0.0991. The highest BCUT2D eigenvalue weighted by atomic mass is 79.9. The molecule has 0 aliphatic carbocycles. The van der Waals surface area contributed by atoms with Gasteiger partial charge in [0.25, 0.3) is 5.91 Å². The van der Waals surface area contributed by atoms with Gasteiger partial charge in [0.15, 0.2) is 5.76 Å². The third kappa shape index (κ3) is 3.64. The summed E-state index contributed by atoms with van der Waals surface area (Å²) in [7, 11) is -3.83. The van der Waals surface area contributed by atoms with Crippen molar-refractivity contribution in [2.45, 2.75) is 16.9 Å². The summed E-state index contributed by atoms with van der Waals surface area (Å²) in [6, 6.07) is 12.3. The molecule has 0 unspecified atom stereocenters. The number of nitrogens with zero attached hydrogens (tertiary/aromatic N) is 1. The van der Waals surface area contributed by atoms with Crippen molar-refractivity contribution in [1.82, 2.24) is 4.98 Å². The number of halogens is 1. The van der Waals surface area contributed by atoms with Crippen LogP contribution < -0.4 is 5.32 Å². The number of benzene rings is 1. The van der Waals surface area contributed by atoms with Gasteiger partial charge in [0, 0.05) is 10.7 Å². The van der Waals surface area contributed by atoms with Crippen molar-refractivity contribution in [3.63, 3.8) is 0 Å². The third-order valence-corrected chi connectivity index (χ3v) is 5.61. The van der Waals surface area contributed by atoms with Crippen LogP contribution in [0.4, 0.5) is 5.82 Å². The minimum atomic E-state index is -3.83. The summed E-state index contributed by atoms with van der Waals surface area (Å²) in [5.74, 6) is -0.291. The van der Waals surface area contributed by atoms with Gasteiger partial charge in [-0.25, -0.2) is 13.4 Å². The molecule has 1 N–H and O–H groups in total. The summed E-state index contributed by atoms with van der Waals surface area (Å²) in [5, 5.41) is 2.30. The largest absolute Gasteiger partial charge is 0.439 e. The zero-order valence-corrected chi connectivity index (χ0v) is 15.5. The topological polar surface area (TPSA) is 89.3 Å². The monoisotopic (exact) mass is 420 g/mol. The summed E-state index contributed by atoms with van der Waals surface area (Å²) >= 11 is 3.25. The van der Waals surface area contributed by atoms with Crippen LogP contribution in [0.3, 0.4) is 0 Å². The molecule has 1 aromatic carbocycles. The molecule has 2 heterocycles. The average Bonchev–Trinajstić information content (AvgIpc) is 3.08. The maximum absolute atomic E-state index is 12.5. The van der Waals surface area contributed by atoms with Gasteiger partial charge in [0.1, 0.15) is 5.82 Å². The Kier molecular flexibility index (Phi) is 4.73. The summed E-state index contributed by atoms with van der Waals surface area (Å²) in [5.41, 5.74) is 0.783. The lowest BCUT2D eigenvalue weighted by atomic mass is 10.3. The number of furan rings is 1. The smallest absolute Gasteiger partial charge is 0.292 e. The van der Waals surface area contributed by atoms with Crippen LogP contribution in [0.25, 0.3) is 0 Å². The molecular formula is C17H13BrN2O4S. The van der Waals surface area contributed by atoms with Crippen molar-refractivity contribution in [2.75, 3.05) is 5.32 Å². The predicted molar refractivity (Wildman–Crippen MR) is 95.2 cm³/mol. The van der Waals surface area contributed by atoms with Gasteiger partial charge in [0.2, 0.25) is 14.9 Å². The van der Waals surface area contributed by atoms with Gasteiger partial charge in [-0.3, -0.25) is 4.79 Å². The van der Waals surface area contributed by atoms with E-state index in [9.17, 15) is 13.2 Å². The molecule has 0 bridgehead atoms. The van der Waals surface area contributed by atoms with E-state index in [1.165, 1.54) is 24.3 Å². The number of carbonyl (C=O) groups is 1. The molecule has 3 rings (SSSR count). The van der Waals surface area contributed by atoms with Crippen molar-refractivity contribution in [1.29, 1.82) is 0 Å². The Labute approximate surface area is 152 Å². The molecule has 1 amide bonds. The molecule has 0 aliphatic rings. The predicted octanol–water partition coefficient (Wildman–Crippen LogP) is 3.83. The van der Waals surface area contributed by atoms with Gasteiger partial charge in [-0.15, -0.1) is 0 Å². The van der Waals surface area contributed by atoms with Crippen LogP contribution in [0.15, 0.2) is 73.6 Å². The minimum absolute atomic E-state index is 0.0811. The number of carbonyl (C=O) groups excluding carboxylic acids is 1. The number of aryl methyl sites for hydroxylation is 1. The molecule has 2 aromatic heterocycles. The quantitative estimate of drug-likeness (QED) is 0.692. The highest BCUT2D eigenvalue weighted by Crippen LogP contribution is 2.24. The van der Waals surface area contributed by atoms with E-state index in [2.05, 4.69) is 26.2 Å². The Morgan fingerprint density at radius 3 is 2.52 bits per heavy atom. The van der Waals surface area contributed by atoms with Crippen molar-refractivity contribution in [2.24, 2.45) is 0 Å². The van der Waals surface area contributed by atoms with Gasteiger partial charge >= 0.3 is 0 Å². The van der Waals surface area contributed by atoms with Crippen molar-refractivity contribution in [3.8, 4) is 0 Å². The van der Waals surface area contributed by atoms with E-state index < -0.39 is 15.7 Å². The molecular weight excluding hydrogens is 408 g/mol. The van der Waals surface area contributed by atoms with Gasteiger partial charge < -0.3 is 9.73 Å². The number of amides is 1. The molecule has 0 saturated carbocycles. The standard InChI is InChI=1S/C17H13BrN2O4S/c1-11-3-2-10-19-16(11)20-17(21)14-8-9-15(24-14)25(22,23)13-6-4-12(18)5-7-13/h2-10H,1H3,(H,19,20,21). The normalized spacial score (nSPS) is 11.3. The third-order valence-electron chi connectivity index (χ3n) is 3.44. The van der Waals surface area contributed by atoms with Crippen LogP contribution in [-0.2, 0) is 9.84 Å². The van der Waals surface area contributed by atoms with Crippen LogP contribution in [0.5, 0.6) is 0 Å².